The lowest BCUT2D eigenvalue weighted by molar-refractivity contribution is -0.135. The molecule has 23 heavy (non-hydrogen) atoms. The van der Waals surface area contributed by atoms with Crippen LogP contribution in [0.3, 0.4) is 0 Å². The van der Waals surface area contributed by atoms with E-state index < -0.39 is 0 Å². The van der Waals surface area contributed by atoms with Gasteiger partial charge in [-0.2, -0.15) is 0 Å². The fraction of sp³-hybridized carbons (Fsp3) is 0.222. The van der Waals surface area contributed by atoms with Crippen LogP contribution in [0.4, 0.5) is 4.39 Å². The topological polar surface area (TPSA) is 49.4 Å². The van der Waals surface area contributed by atoms with Crippen molar-refractivity contribution in [2.45, 2.75) is 20.0 Å². The van der Waals surface area contributed by atoms with Crippen LogP contribution in [0.5, 0.6) is 0 Å². The highest BCUT2D eigenvalue weighted by molar-refractivity contribution is 5.83. The summed E-state index contributed by atoms with van der Waals surface area (Å²) in [4.78, 5) is 25.0. The second-order valence-corrected chi connectivity index (χ2v) is 5.23. The minimum atomic E-state index is -0.386. The molecule has 120 valence electrons. The Hall–Kier alpha value is -2.69. The summed E-state index contributed by atoms with van der Waals surface area (Å²) in [6.07, 6.45) is 0. The SMILES string of the molecule is CC(=O)N(CC(=O)NCc1ccccc1)Cc1ccccc1F. The summed E-state index contributed by atoms with van der Waals surface area (Å²) in [6.45, 7) is 1.73. The van der Waals surface area contributed by atoms with Crippen LogP contribution in [0.2, 0.25) is 0 Å². The van der Waals surface area contributed by atoms with E-state index in [0.717, 1.165) is 5.56 Å². The van der Waals surface area contributed by atoms with Crippen LogP contribution in [0.1, 0.15) is 18.1 Å². The number of carbonyl (C=O) groups is 2. The summed E-state index contributed by atoms with van der Waals surface area (Å²) in [5.41, 5.74) is 1.36. The van der Waals surface area contributed by atoms with E-state index in [0.29, 0.717) is 12.1 Å². The molecule has 0 unspecified atom stereocenters. The summed E-state index contributed by atoms with van der Waals surface area (Å²) >= 11 is 0. The van der Waals surface area contributed by atoms with E-state index in [4.69, 9.17) is 0 Å². The monoisotopic (exact) mass is 314 g/mol. The molecule has 0 aliphatic carbocycles. The number of carbonyl (C=O) groups excluding carboxylic acids is 2. The second-order valence-electron chi connectivity index (χ2n) is 5.23. The zero-order valence-electron chi connectivity index (χ0n) is 13.0. The minimum Gasteiger partial charge on any atom is -0.350 e. The van der Waals surface area contributed by atoms with Gasteiger partial charge in [0.2, 0.25) is 11.8 Å². The molecule has 5 heteroatoms. The molecular weight excluding hydrogens is 295 g/mol. The number of amides is 2. The largest absolute Gasteiger partial charge is 0.350 e. The molecular formula is C18H19FN2O2. The Morgan fingerprint density at radius 2 is 1.70 bits per heavy atom. The Kier molecular flexibility index (Phi) is 5.86. The summed E-state index contributed by atoms with van der Waals surface area (Å²) < 4.78 is 13.7. The fourth-order valence-corrected chi connectivity index (χ4v) is 2.14. The van der Waals surface area contributed by atoms with E-state index in [2.05, 4.69) is 5.32 Å². The van der Waals surface area contributed by atoms with Crippen molar-refractivity contribution in [3.8, 4) is 0 Å². The standard InChI is InChI=1S/C18H19FN2O2/c1-14(22)21(12-16-9-5-6-10-17(16)19)13-18(23)20-11-15-7-3-2-4-8-15/h2-10H,11-13H2,1H3,(H,20,23). The summed E-state index contributed by atoms with van der Waals surface area (Å²) in [5.74, 6) is -0.938. The van der Waals surface area contributed by atoms with Gasteiger partial charge < -0.3 is 10.2 Å². The normalized spacial score (nSPS) is 10.2. The Morgan fingerprint density at radius 1 is 1.04 bits per heavy atom. The first-order chi connectivity index (χ1) is 11.1. The van der Waals surface area contributed by atoms with E-state index in [1.54, 1.807) is 18.2 Å². The molecule has 0 fully saturated rings. The van der Waals surface area contributed by atoms with Crippen molar-refractivity contribution in [1.82, 2.24) is 10.2 Å². The van der Waals surface area contributed by atoms with Crippen molar-refractivity contribution in [1.29, 1.82) is 0 Å². The number of rotatable bonds is 6. The third-order valence-electron chi connectivity index (χ3n) is 3.43. The van der Waals surface area contributed by atoms with Gasteiger partial charge in [0.25, 0.3) is 0 Å². The molecule has 2 rings (SSSR count). The van der Waals surface area contributed by atoms with E-state index in [1.165, 1.54) is 17.9 Å². The summed E-state index contributed by atoms with van der Waals surface area (Å²) in [7, 11) is 0. The molecule has 0 saturated carbocycles. The highest BCUT2D eigenvalue weighted by Gasteiger charge is 2.15. The lowest BCUT2D eigenvalue weighted by atomic mass is 10.2. The van der Waals surface area contributed by atoms with Gasteiger partial charge in [-0.15, -0.1) is 0 Å². The molecule has 2 aromatic rings. The fourth-order valence-electron chi connectivity index (χ4n) is 2.14. The van der Waals surface area contributed by atoms with Crippen LogP contribution in [-0.2, 0) is 22.7 Å². The van der Waals surface area contributed by atoms with Gasteiger partial charge in [0.15, 0.2) is 0 Å². The van der Waals surface area contributed by atoms with Gasteiger partial charge in [-0.05, 0) is 11.6 Å². The zero-order valence-corrected chi connectivity index (χ0v) is 13.0. The molecule has 0 spiro atoms. The molecule has 1 N–H and O–H groups in total. The highest BCUT2D eigenvalue weighted by Crippen LogP contribution is 2.10. The number of hydrogen-bond acceptors (Lipinski definition) is 2. The quantitative estimate of drug-likeness (QED) is 0.890. The van der Waals surface area contributed by atoms with Crippen molar-refractivity contribution < 1.29 is 14.0 Å². The Bertz CT molecular complexity index is 674. The van der Waals surface area contributed by atoms with Crippen LogP contribution in [0, 0.1) is 5.82 Å². The number of nitrogens with zero attached hydrogens (tertiary/aromatic N) is 1. The maximum Gasteiger partial charge on any atom is 0.239 e. The zero-order chi connectivity index (χ0) is 16.7. The summed E-state index contributed by atoms with van der Waals surface area (Å²) in [5, 5.41) is 2.76. The lowest BCUT2D eigenvalue weighted by Crippen LogP contribution is -2.39. The van der Waals surface area contributed by atoms with Gasteiger partial charge in [-0.25, -0.2) is 4.39 Å². The van der Waals surface area contributed by atoms with Crippen LogP contribution < -0.4 is 5.32 Å². The summed E-state index contributed by atoms with van der Waals surface area (Å²) in [6, 6.07) is 15.7. The van der Waals surface area contributed by atoms with Crippen molar-refractivity contribution in [2.24, 2.45) is 0 Å². The maximum absolute atomic E-state index is 13.7. The number of halogens is 1. The van der Waals surface area contributed by atoms with Gasteiger partial charge in [0, 0.05) is 25.6 Å². The molecule has 2 aromatic carbocycles. The van der Waals surface area contributed by atoms with Crippen molar-refractivity contribution in [2.75, 3.05) is 6.54 Å². The predicted molar refractivity (Wildman–Crippen MR) is 85.8 cm³/mol. The van der Waals surface area contributed by atoms with E-state index in [9.17, 15) is 14.0 Å². The Balaban J connectivity index is 1.92. The molecule has 0 aliphatic heterocycles. The van der Waals surface area contributed by atoms with E-state index >= 15 is 0 Å². The van der Waals surface area contributed by atoms with Gasteiger partial charge in [0.05, 0.1) is 6.54 Å². The first kappa shape index (κ1) is 16.7. The smallest absolute Gasteiger partial charge is 0.239 e. The average Bonchev–Trinajstić information content (AvgIpc) is 2.55. The second kappa shape index (κ2) is 8.08. The third kappa shape index (κ3) is 5.21. The molecule has 0 radical (unpaired) electrons. The molecule has 4 nitrogen and oxygen atoms in total. The molecule has 0 atom stereocenters. The van der Waals surface area contributed by atoms with Crippen molar-refractivity contribution in [3.63, 3.8) is 0 Å². The van der Waals surface area contributed by atoms with Gasteiger partial charge >= 0.3 is 0 Å². The van der Waals surface area contributed by atoms with E-state index in [-0.39, 0.29) is 30.7 Å². The van der Waals surface area contributed by atoms with Gasteiger partial charge in [-0.1, -0.05) is 48.5 Å². The average molecular weight is 314 g/mol. The van der Waals surface area contributed by atoms with Crippen LogP contribution in [0.15, 0.2) is 54.6 Å². The lowest BCUT2D eigenvalue weighted by Gasteiger charge is -2.21. The van der Waals surface area contributed by atoms with Gasteiger partial charge in [-0.3, -0.25) is 9.59 Å². The first-order valence-corrected chi connectivity index (χ1v) is 7.36. The predicted octanol–water partition coefficient (Wildman–Crippen LogP) is 2.49. The van der Waals surface area contributed by atoms with Crippen LogP contribution in [-0.4, -0.2) is 23.3 Å². The molecule has 2 amide bonds. The molecule has 0 bridgehead atoms. The number of hydrogen-bond donors (Lipinski definition) is 1. The van der Waals surface area contributed by atoms with Crippen molar-refractivity contribution >= 4 is 11.8 Å². The molecule has 0 saturated heterocycles. The third-order valence-corrected chi connectivity index (χ3v) is 3.43. The van der Waals surface area contributed by atoms with Crippen molar-refractivity contribution in [3.05, 3.63) is 71.5 Å². The number of benzene rings is 2. The molecule has 0 aromatic heterocycles. The van der Waals surface area contributed by atoms with Gasteiger partial charge in [0.1, 0.15) is 5.82 Å². The molecule has 0 heterocycles. The van der Waals surface area contributed by atoms with Crippen LogP contribution in [0.25, 0.3) is 0 Å². The minimum absolute atomic E-state index is 0.0702. The Morgan fingerprint density at radius 3 is 2.35 bits per heavy atom. The van der Waals surface area contributed by atoms with Crippen LogP contribution >= 0.6 is 0 Å². The highest BCUT2D eigenvalue weighted by atomic mass is 19.1. The maximum atomic E-state index is 13.7. The first-order valence-electron chi connectivity index (χ1n) is 7.36. The number of nitrogens with one attached hydrogen (secondary N) is 1. The Labute approximate surface area is 134 Å². The van der Waals surface area contributed by atoms with E-state index in [1.807, 2.05) is 30.3 Å². The molecule has 0 aliphatic rings.